The number of fused-ring (bicyclic) bond motifs is 1. The van der Waals surface area contributed by atoms with Crippen molar-refractivity contribution < 1.29 is 9.13 Å². The molecule has 7 heteroatoms. The van der Waals surface area contributed by atoms with E-state index in [0.717, 1.165) is 0 Å². The summed E-state index contributed by atoms with van der Waals surface area (Å²) >= 11 is 5.87. The van der Waals surface area contributed by atoms with Crippen LogP contribution in [0.3, 0.4) is 0 Å². The highest BCUT2D eigenvalue weighted by Gasteiger charge is 2.15. The van der Waals surface area contributed by atoms with Crippen LogP contribution >= 0.6 is 11.6 Å². The monoisotopic (exact) mass is 292 g/mol. The summed E-state index contributed by atoms with van der Waals surface area (Å²) in [4.78, 5) is 4.12. The number of hydrogen-bond acceptors (Lipinski definition) is 4. The van der Waals surface area contributed by atoms with E-state index >= 15 is 0 Å². The summed E-state index contributed by atoms with van der Waals surface area (Å²) in [5, 5.41) is 8.33. The van der Waals surface area contributed by atoms with E-state index in [1.807, 2.05) is 0 Å². The minimum absolute atomic E-state index is 0.323. The number of rotatable bonds is 2. The van der Waals surface area contributed by atoms with E-state index in [1.54, 1.807) is 29.5 Å². The van der Waals surface area contributed by atoms with Crippen molar-refractivity contribution in [2.75, 3.05) is 7.11 Å². The summed E-state index contributed by atoms with van der Waals surface area (Å²) in [7, 11) is 1.48. The normalized spacial score (nSPS) is 11.0. The van der Waals surface area contributed by atoms with E-state index in [1.165, 1.54) is 13.2 Å². The summed E-state index contributed by atoms with van der Waals surface area (Å²) in [6, 6.07) is 6.14. The van der Waals surface area contributed by atoms with Crippen LogP contribution in [0.4, 0.5) is 4.39 Å². The molecule has 3 rings (SSSR count). The van der Waals surface area contributed by atoms with Gasteiger partial charge in [0.15, 0.2) is 11.5 Å². The average molecular weight is 293 g/mol. The second kappa shape index (κ2) is 4.72. The largest absolute Gasteiger partial charge is 0.497 e. The quantitative estimate of drug-likeness (QED) is 0.682. The number of halogens is 2. The summed E-state index contributed by atoms with van der Waals surface area (Å²) in [5.74, 6) is 0.968. The van der Waals surface area contributed by atoms with E-state index in [9.17, 15) is 4.39 Å². The average Bonchev–Trinajstić information content (AvgIpc) is 2.82. The molecule has 0 saturated carbocycles. The summed E-state index contributed by atoms with van der Waals surface area (Å²) in [6.45, 7) is 1.76. The lowest BCUT2D eigenvalue weighted by Crippen LogP contribution is -1.99. The number of hydrogen-bond donors (Lipinski definition) is 0. The molecular formula is C13H10ClFN4O. The van der Waals surface area contributed by atoms with E-state index in [2.05, 4.69) is 15.2 Å². The SMILES string of the molecule is COc1ccc(-c2nnc3cc(Cl)nc(C)n23)c(F)c1. The second-order valence-corrected chi connectivity index (χ2v) is 4.58. The van der Waals surface area contributed by atoms with Crippen molar-refractivity contribution in [3.63, 3.8) is 0 Å². The molecule has 0 aliphatic carbocycles. The van der Waals surface area contributed by atoms with E-state index in [4.69, 9.17) is 16.3 Å². The van der Waals surface area contributed by atoms with Crippen LogP contribution in [-0.2, 0) is 0 Å². The number of ether oxygens (including phenoxy) is 1. The molecule has 0 fully saturated rings. The fourth-order valence-corrected chi connectivity index (χ4v) is 2.25. The maximum absolute atomic E-state index is 14.1. The van der Waals surface area contributed by atoms with Crippen LogP contribution < -0.4 is 4.74 Å². The van der Waals surface area contributed by atoms with Crippen LogP contribution in [0.15, 0.2) is 24.3 Å². The highest BCUT2D eigenvalue weighted by atomic mass is 35.5. The number of benzene rings is 1. The van der Waals surface area contributed by atoms with E-state index in [0.29, 0.717) is 33.8 Å². The molecule has 0 aliphatic rings. The Balaban J connectivity index is 2.25. The van der Waals surface area contributed by atoms with Gasteiger partial charge in [0, 0.05) is 12.1 Å². The van der Waals surface area contributed by atoms with Crippen molar-refractivity contribution in [3.05, 3.63) is 41.1 Å². The minimum atomic E-state index is -0.437. The minimum Gasteiger partial charge on any atom is -0.497 e. The highest BCUT2D eigenvalue weighted by Crippen LogP contribution is 2.26. The first-order valence-corrected chi connectivity index (χ1v) is 6.20. The standard InChI is InChI=1S/C13H10ClFN4O/c1-7-16-11(14)6-12-17-18-13(19(7)12)9-4-3-8(20-2)5-10(9)15/h3-6H,1-2H3. The molecule has 102 valence electrons. The Morgan fingerprint density at radius 1 is 1.25 bits per heavy atom. The molecule has 0 unspecified atom stereocenters. The summed E-state index contributed by atoms with van der Waals surface area (Å²) < 4.78 is 20.8. The number of aryl methyl sites for hydroxylation is 1. The lowest BCUT2D eigenvalue weighted by Gasteiger charge is -2.06. The Morgan fingerprint density at radius 3 is 2.75 bits per heavy atom. The zero-order valence-corrected chi connectivity index (χ0v) is 11.5. The van der Waals surface area contributed by atoms with Gasteiger partial charge < -0.3 is 4.74 Å². The van der Waals surface area contributed by atoms with Gasteiger partial charge in [0.05, 0.1) is 12.7 Å². The van der Waals surface area contributed by atoms with Gasteiger partial charge >= 0.3 is 0 Å². The molecule has 0 bridgehead atoms. The number of aromatic nitrogens is 4. The molecule has 0 atom stereocenters. The Labute approximate surface area is 119 Å². The third-order valence-electron chi connectivity index (χ3n) is 2.95. The second-order valence-electron chi connectivity index (χ2n) is 4.19. The highest BCUT2D eigenvalue weighted by molar-refractivity contribution is 6.29. The molecule has 3 aromatic rings. The molecule has 0 spiro atoms. The molecule has 1 aromatic carbocycles. The molecule has 0 aliphatic heterocycles. The first kappa shape index (κ1) is 12.8. The zero-order chi connectivity index (χ0) is 14.3. The van der Waals surface area contributed by atoms with Gasteiger partial charge in [0.1, 0.15) is 22.5 Å². The Kier molecular flexibility index (Phi) is 3.02. The maximum atomic E-state index is 14.1. The van der Waals surface area contributed by atoms with Crippen LogP contribution in [0.1, 0.15) is 5.82 Å². The van der Waals surface area contributed by atoms with Crippen LogP contribution in [0, 0.1) is 12.7 Å². The first-order valence-electron chi connectivity index (χ1n) is 5.82. The van der Waals surface area contributed by atoms with E-state index < -0.39 is 5.82 Å². The molecule has 0 radical (unpaired) electrons. The fraction of sp³-hybridized carbons (Fsp3) is 0.154. The van der Waals surface area contributed by atoms with Crippen LogP contribution in [-0.4, -0.2) is 26.7 Å². The van der Waals surface area contributed by atoms with Crippen LogP contribution in [0.5, 0.6) is 5.75 Å². The molecule has 20 heavy (non-hydrogen) atoms. The Hall–Kier alpha value is -2.21. The maximum Gasteiger partial charge on any atom is 0.172 e. The number of methoxy groups -OCH3 is 1. The van der Waals surface area contributed by atoms with Gasteiger partial charge in [-0.05, 0) is 19.1 Å². The number of nitrogens with zero attached hydrogens (tertiary/aromatic N) is 4. The first-order chi connectivity index (χ1) is 9.60. The molecule has 0 saturated heterocycles. The van der Waals surface area contributed by atoms with Crippen LogP contribution in [0.25, 0.3) is 17.0 Å². The zero-order valence-electron chi connectivity index (χ0n) is 10.8. The van der Waals surface area contributed by atoms with Gasteiger partial charge in [-0.3, -0.25) is 4.40 Å². The van der Waals surface area contributed by atoms with Gasteiger partial charge in [-0.15, -0.1) is 10.2 Å². The van der Waals surface area contributed by atoms with Gasteiger partial charge in [-0.1, -0.05) is 11.6 Å². The predicted molar refractivity (Wildman–Crippen MR) is 72.5 cm³/mol. The van der Waals surface area contributed by atoms with Crippen molar-refractivity contribution in [2.45, 2.75) is 6.92 Å². The Bertz CT molecular complexity index is 802. The van der Waals surface area contributed by atoms with Crippen molar-refractivity contribution in [2.24, 2.45) is 0 Å². The summed E-state index contributed by atoms with van der Waals surface area (Å²) in [5.41, 5.74) is 0.846. The molecule has 5 nitrogen and oxygen atoms in total. The van der Waals surface area contributed by atoms with Gasteiger partial charge in [0.2, 0.25) is 0 Å². The topological polar surface area (TPSA) is 52.3 Å². The van der Waals surface area contributed by atoms with Crippen molar-refractivity contribution in [1.82, 2.24) is 19.6 Å². The molecule has 0 N–H and O–H groups in total. The molecule has 2 aromatic heterocycles. The molecule has 2 heterocycles. The molecule has 0 amide bonds. The third kappa shape index (κ3) is 1.98. The van der Waals surface area contributed by atoms with E-state index in [-0.39, 0.29) is 0 Å². The smallest absolute Gasteiger partial charge is 0.172 e. The van der Waals surface area contributed by atoms with Gasteiger partial charge in [-0.2, -0.15) is 0 Å². The van der Waals surface area contributed by atoms with Gasteiger partial charge in [0.25, 0.3) is 0 Å². The molecular weight excluding hydrogens is 283 g/mol. The van der Waals surface area contributed by atoms with Gasteiger partial charge in [-0.25, -0.2) is 9.37 Å². The van der Waals surface area contributed by atoms with Crippen molar-refractivity contribution >= 4 is 17.2 Å². The lowest BCUT2D eigenvalue weighted by atomic mass is 10.2. The summed E-state index contributed by atoms with van der Waals surface area (Å²) in [6.07, 6.45) is 0. The van der Waals surface area contributed by atoms with Crippen molar-refractivity contribution in [3.8, 4) is 17.1 Å². The lowest BCUT2D eigenvalue weighted by molar-refractivity contribution is 0.411. The predicted octanol–water partition coefficient (Wildman–Crippen LogP) is 2.90. The Morgan fingerprint density at radius 2 is 2.05 bits per heavy atom. The van der Waals surface area contributed by atoms with Crippen LogP contribution in [0.2, 0.25) is 5.15 Å². The third-order valence-corrected chi connectivity index (χ3v) is 3.14. The van der Waals surface area contributed by atoms with Crippen molar-refractivity contribution in [1.29, 1.82) is 0 Å². The fourth-order valence-electron chi connectivity index (χ4n) is 2.03.